The summed E-state index contributed by atoms with van der Waals surface area (Å²) in [6.45, 7) is 2.17. The van der Waals surface area contributed by atoms with E-state index in [1.54, 1.807) is 42.6 Å². The third kappa shape index (κ3) is 17.8. The Kier molecular flexibility index (Phi) is 20.9. The number of para-hydroxylation sites is 1. The molecule has 0 aliphatic carbocycles. The molecule has 9 amide bonds. The summed E-state index contributed by atoms with van der Waals surface area (Å²) in [4.78, 5) is 134. The van der Waals surface area contributed by atoms with E-state index in [0.717, 1.165) is 10.9 Å². The van der Waals surface area contributed by atoms with Gasteiger partial charge >= 0.3 is 0 Å². The van der Waals surface area contributed by atoms with E-state index >= 15 is 0 Å². The molecular weight excluding hydrogens is 909 g/mol. The van der Waals surface area contributed by atoms with Crippen LogP contribution in [0.1, 0.15) is 63.5 Å². The summed E-state index contributed by atoms with van der Waals surface area (Å²) in [5.74, 6) is -7.79. The van der Waals surface area contributed by atoms with Crippen molar-refractivity contribution in [1.82, 2.24) is 47.5 Å². The molecule has 0 bridgehead atoms. The molecular formula is C45H64N16O9. The van der Waals surface area contributed by atoms with Gasteiger partial charge in [0.05, 0.1) is 0 Å². The minimum Gasteiger partial charge on any atom is -0.370 e. The first kappa shape index (κ1) is 54.4. The quantitative estimate of drug-likeness (QED) is 0.0369. The van der Waals surface area contributed by atoms with Gasteiger partial charge in [-0.1, -0.05) is 48.5 Å². The summed E-state index contributed by atoms with van der Waals surface area (Å²) in [5, 5.41) is 21.4. The fourth-order valence-electron chi connectivity index (χ4n) is 7.42. The number of nitrogens with one attached hydrogen (secondary N) is 9. The highest BCUT2D eigenvalue weighted by Gasteiger charge is 2.34. The molecule has 1 fully saturated rings. The van der Waals surface area contributed by atoms with Gasteiger partial charge in [0.25, 0.3) is 0 Å². The largest absolute Gasteiger partial charge is 0.370 e. The van der Waals surface area contributed by atoms with Gasteiger partial charge in [0.1, 0.15) is 42.3 Å². The normalized spacial score (nSPS) is 21.4. The van der Waals surface area contributed by atoms with Gasteiger partial charge in [0, 0.05) is 62.9 Å². The van der Waals surface area contributed by atoms with Crippen molar-refractivity contribution in [2.45, 2.75) is 108 Å². The van der Waals surface area contributed by atoms with E-state index in [9.17, 15) is 43.2 Å². The Balaban J connectivity index is 1.74. The fourth-order valence-corrected chi connectivity index (χ4v) is 7.42. The second-order valence-electron chi connectivity index (χ2n) is 16.7. The van der Waals surface area contributed by atoms with Gasteiger partial charge in [-0.05, 0) is 56.2 Å². The number of carbonyl (C=O) groups is 9. The average molecular weight is 973 g/mol. The SMILES string of the molecule is CC(=O)N[C@@H](CCCN=C(N)N)C(=O)N[C@H]1CCC(=O)NC[C@@H](C(N)=O)NC(=O)[C@H](Cc2c[nH]c3ccccc23)NC(=O)[C@H](CCCN=C(N)N)NC(=O)[C@@H](Cc2ccccc2)NC(=O)[C@H](C)NC1=O. The molecule has 1 aliphatic heterocycles. The van der Waals surface area contributed by atoms with Crippen molar-refractivity contribution in [3.8, 4) is 0 Å². The third-order valence-electron chi connectivity index (χ3n) is 11.1. The van der Waals surface area contributed by atoms with E-state index in [0.29, 0.717) is 11.1 Å². The second-order valence-corrected chi connectivity index (χ2v) is 16.7. The summed E-state index contributed by atoms with van der Waals surface area (Å²) >= 11 is 0. The van der Waals surface area contributed by atoms with Crippen LogP contribution < -0.4 is 71.2 Å². The van der Waals surface area contributed by atoms with Gasteiger partial charge in [-0.3, -0.25) is 53.1 Å². The first-order valence-corrected chi connectivity index (χ1v) is 22.7. The first-order valence-electron chi connectivity index (χ1n) is 22.7. The van der Waals surface area contributed by atoms with E-state index in [1.807, 2.05) is 18.2 Å². The monoisotopic (exact) mass is 973 g/mol. The van der Waals surface area contributed by atoms with E-state index in [4.69, 9.17) is 28.7 Å². The van der Waals surface area contributed by atoms with Gasteiger partial charge in [-0.15, -0.1) is 0 Å². The number of amides is 9. The summed E-state index contributed by atoms with van der Waals surface area (Å²) < 4.78 is 0. The highest BCUT2D eigenvalue weighted by atomic mass is 16.2. The predicted molar refractivity (Wildman–Crippen MR) is 258 cm³/mol. The second kappa shape index (κ2) is 26.9. The fraction of sp³-hybridized carbons (Fsp3) is 0.444. The number of rotatable bonds is 16. The summed E-state index contributed by atoms with van der Waals surface area (Å²) in [7, 11) is 0. The molecule has 7 atom stereocenters. The molecule has 378 valence electrons. The third-order valence-corrected chi connectivity index (χ3v) is 11.1. The Hall–Kier alpha value is -8.25. The Labute approximate surface area is 403 Å². The lowest BCUT2D eigenvalue weighted by molar-refractivity contribution is -0.135. The number of H-pyrrole nitrogens is 1. The Morgan fingerprint density at radius 1 is 0.714 bits per heavy atom. The molecule has 2 aromatic carbocycles. The predicted octanol–water partition coefficient (Wildman–Crippen LogP) is -4.11. The Morgan fingerprint density at radius 2 is 1.31 bits per heavy atom. The maximum absolute atomic E-state index is 14.4. The zero-order valence-corrected chi connectivity index (χ0v) is 39.0. The number of aliphatic imine (C=N–C) groups is 2. The van der Waals surface area contributed by atoms with E-state index < -0.39 is 108 Å². The zero-order valence-electron chi connectivity index (χ0n) is 39.0. The first-order chi connectivity index (χ1) is 33.3. The molecule has 0 radical (unpaired) electrons. The molecule has 0 saturated carbocycles. The number of guanidine groups is 2. The van der Waals surface area contributed by atoms with Crippen molar-refractivity contribution in [2.75, 3.05) is 19.6 Å². The number of hydrogen-bond acceptors (Lipinski definition) is 11. The smallest absolute Gasteiger partial charge is 0.243 e. The van der Waals surface area contributed by atoms with Gasteiger partial charge in [0.2, 0.25) is 53.2 Å². The van der Waals surface area contributed by atoms with Crippen molar-refractivity contribution in [3.05, 3.63) is 71.9 Å². The van der Waals surface area contributed by atoms with Crippen LogP contribution in [-0.4, -0.2) is 132 Å². The molecule has 25 heteroatoms. The van der Waals surface area contributed by atoms with Crippen LogP contribution in [0, 0.1) is 0 Å². The van der Waals surface area contributed by atoms with Crippen LogP contribution in [0.3, 0.4) is 0 Å². The van der Waals surface area contributed by atoms with Crippen molar-refractivity contribution in [3.63, 3.8) is 0 Å². The molecule has 0 unspecified atom stereocenters. The number of nitrogens with zero attached hydrogens (tertiary/aromatic N) is 2. The molecule has 1 aliphatic rings. The maximum atomic E-state index is 14.4. The van der Waals surface area contributed by atoms with Crippen molar-refractivity contribution >= 4 is 76.0 Å². The van der Waals surface area contributed by atoms with Crippen LogP contribution in [0.5, 0.6) is 0 Å². The summed E-state index contributed by atoms with van der Waals surface area (Å²) in [6, 6.07) is 6.22. The van der Waals surface area contributed by atoms with Crippen molar-refractivity contribution < 1.29 is 43.2 Å². The van der Waals surface area contributed by atoms with Crippen LogP contribution >= 0.6 is 0 Å². The lowest BCUT2D eigenvalue weighted by Crippen LogP contribution is -2.60. The Morgan fingerprint density at radius 3 is 1.99 bits per heavy atom. The van der Waals surface area contributed by atoms with Gasteiger partial charge < -0.3 is 76.2 Å². The van der Waals surface area contributed by atoms with E-state index in [-0.39, 0.29) is 70.0 Å². The van der Waals surface area contributed by atoms with Gasteiger partial charge in [-0.25, -0.2) is 0 Å². The van der Waals surface area contributed by atoms with Crippen LogP contribution in [0.2, 0.25) is 0 Å². The minimum absolute atomic E-state index is 0.0435. The highest BCUT2D eigenvalue weighted by molar-refractivity contribution is 5.98. The lowest BCUT2D eigenvalue weighted by Gasteiger charge is -2.27. The van der Waals surface area contributed by atoms with Crippen LogP contribution in [0.25, 0.3) is 10.9 Å². The van der Waals surface area contributed by atoms with Crippen LogP contribution in [-0.2, 0) is 56.0 Å². The summed E-state index contributed by atoms with van der Waals surface area (Å²) in [5.41, 5.74) is 29.5. The molecule has 19 N–H and O–H groups in total. The molecule has 2 heterocycles. The zero-order chi connectivity index (χ0) is 51.3. The molecule has 0 spiro atoms. The number of fused-ring (bicyclic) bond motifs is 1. The highest BCUT2D eigenvalue weighted by Crippen LogP contribution is 2.20. The van der Waals surface area contributed by atoms with E-state index in [2.05, 4.69) is 57.5 Å². The van der Waals surface area contributed by atoms with Gasteiger partial charge in [0.15, 0.2) is 11.9 Å². The van der Waals surface area contributed by atoms with E-state index in [1.165, 1.54) is 13.8 Å². The lowest BCUT2D eigenvalue weighted by atomic mass is 10.0. The standard InChI is InChI=1S/C45H64N16O9/c1-24-38(65)59-33(20-26-10-4-3-5-11-26)42(69)57-31(15-9-19-52-45(49)50)41(68)60-34(21-27-22-53-29-13-7-6-12-28(27)29)43(70)61-35(37(46)64)23-54-36(63)17-16-32(39(66)55-24)58-40(67)30(56-25(2)62)14-8-18-51-44(47)48/h3-7,10-13,22,24,30-35,53H,8-9,14-21,23H2,1-2H3,(H2,46,64)(H,54,63)(H,55,66)(H,56,62)(H,57,69)(H,58,67)(H,59,65)(H,60,68)(H,61,70)(H4,47,48,51)(H4,49,50,52)/t24-,30-,31-,32-,33+,34-,35-/m0/s1. The molecule has 3 aromatic rings. The molecule has 70 heavy (non-hydrogen) atoms. The van der Waals surface area contributed by atoms with Crippen molar-refractivity contribution in [2.24, 2.45) is 38.7 Å². The number of carbonyl (C=O) groups excluding carboxylic acids is 9. The molecule has 1 aromatic heterocycles. The maximum Gasteiger partial charge on any atom is 0.243 e. The number of benzene rings is 2. The number of nitrogens with two attached hydrogens (primary N) is 5. The van der Waals surface area contributed by atoms with Gasteiger partial charge in [-0.2, -0.15) is 0 Å². The number of aromatic nitrogens is 1. The van der Waals surface area contributed by atoms with Crippen LogP contribution in [0.4, 0.5) is 0 Å². The minimum atomic E-state index is -1.52. The summed E-state index contributed by atoms with van der Waals surface area (Å²) in [6.07, 6.45) is 1.04. The Bertz CT molecular complexity index is 2400. The molecule has 4 rings (SSSR count). The van der Waals surface area contributed by atoms with Crippen molar-refractivity contribution in [1.29, 1.82) is 0 Å². The number of primary amides is 1. The topological polar surface area (TPSA) is 420 Å². The molecule has 1 saturated heterocycles. The number of aromatic amines is 1. The molecule has 25 nitrogen and oxygen atoms in total. The van der Waals surface area contributed by atoms with Crippen LogP contribution in [0.15, 0.2) is 70.8 Å². The average Bonchev–Trinajstić information content (AvgIpc) is 3.72. The number of hydrogen-bond donors (Lipinski definition) is 14.